The number of nitrogens with zero attached hydrogens (tertiary/aromatic N) is 2. The molecule has 0 saturated carbocycles. The summed E-state index contributed by atoms with van der Waals surface area (Å²) in [5.41, 5.74) is 0.747. The third-order valence-electron chi connectivity index (χ3n) is 4.38. The van der Waals surface area contributed by atoms with Crippen LogP contribution in [0.3, 0.4) is 0 Å². The first-order valence-corrected chi connectivity index (χ1v) is 8.86. The van der Waals surface area contributed by atoms with Gasteiger partial charge in [-0.1, -0.05) is 6.07 Å². The number of fused-ring (bicyclic) bond motifs is 1. The van der Waals surface area contributed by atoms with Crippen molar-refractivity contribution in [2.24, 2.45) is 0 Å². The Morgan fingerprint density at radius 3 is 2.85 bits per heavy atom. The molecule has 2 heterocycles. The summed E-state index contributed by atoms with van der Waals surface area (Å²) in [6.45, 7) is 1.67. The lowest BCUT2D eigenvalue weighted by Crippen LogP contribution is -2.37. The Hall–Kier alpha value is -2.81. The number of nitrogens with one attached hydrogen (secondary N) is 2. The third kappa shape index (κ3) is 4.68. The molecular weight excluding hydrogens is 352 g/mol. The number of hydrogen-bond donors (Lipinski definition) is 2. The van der Waals surface area contributed by atoms with E-state index in [4.69, 9.17) is 9.47 Å². The van der Waals surface area contributed by atoms with Gasteiger partial charge in [0.25, 0.3) is 5.91 Å². The van der Waals surface area contributed by atoms with Crippen molar-refractivity contribution in [3.05, 3.63) is 23.8 Å². The van der Waals surface area contributed by atoms with E-state index in [1.54, 1.807) is 18.2 Å². The van der Waals surface area contributed by atoms with E-state index < -0.39 is 18.0 Å². The van der Waals surface area contributed by atoms with Crippen LogP contribution in [0, 0.1) is 0 Å². The molecule has 9 nitrogen and oxygen atoms in total. The number of ether oxygens (including phenoxy) is 2. The second-order valence-corrected chi connectivity index (χ2v) is 6.82. The average molecular weight is 376 g/mol. The van der Waals surface area contributed by atoms with Gasteiger partial charge in [-0.2, -0.15) is 0 Å². The molecule has 1 aromatic carbocycles. The summed E-state index contributed by atoms with van der Waals surface area (Å²) in [6.07, 6.45) is 0.754. The zero-order chi connectivity index (χ0) is 19.4. The summed E-state index contributed by atoms with van der Waals surface area (Å²) < 4.78 is 10.6. The second kappa shape index (κ2) is 8.26. The molecule has 2 N–H and O–H groups in total. The summed E-state index contributed by atoms with van der Waals surface area (Å²) in [6, 6.07) is 3.94. The summed E-state index contributed by atoms with van der Waals surface area (Å²) in [5, 5.41) is 5.35. The van der Waals surface area contributed by atoms with Crippen molar-refractivity contribution in [1.82, 2.24) is 20.4 Å². The van der Waals surface area contributed by atoms with Crippen molar-refractivity contribution < 1.29 is 23.9 Å². The zero-order valence-electron chi connectivity index (χ0n) is 15.5. The van der Waals surface area contributed by atoms with Gasteiger partial charge in [0, 0.05) is 6.54 Å². The number of urea groups is 1. The first kappa shape index (κ1) is 19.0. The molecular formula is C18H24N4O5. The SMILES string of the molecule is CN(C)CCCNC(=O)CC1NC(=O)N(Cc2ccc3c(c2)OCO3)C1=O. The molecule has 3 rings (SSSR count). The lowest BCUT2D eigenvalue weighted by Gasteiger charge is -2.14. The number of benzene rings is 1. The first-order chi connectivity index (χ1) is 12.9. The molecule has 1 saturated heterocycles. The number of imide groups is 1. The van der Waals surface area contributed by atoms with E-state index >= 15 is 0 Å². The second-order valence-electron chi connectivity index (χ2n) is 6.82. The van der Waals surface area contributed by atoms with Crippen LogP contribution in [-0.2, 0) is 16.1 Å². The number of carbonyl (C=O) groups is 3. The fourth-order valence-corrected chi connectivity index (χ4v) is 2.97. The number of carbonyl (C=O) groups excluding carboxylic acids is 3. The van der Waals surface area contributed by atoms with E-state index in [2.05, 4.69) is 10.6 Å². The maximum Gasteiger partial charge on any atom is 0.325 e. The van der Waals surface area contributed by atoms with Crippen LogP contribution < -0.4 is 20.1 Å². The maximum absolute atomic E-state index is 12.5. The van der Waals surface area contributed by atoms with Gasteiger partial charge in [0.05, 0.1) is 13.0 Å². The number of rotatable bonds is 8. The largest absolute Gasteiger partial charge is 0.454 e. The number of hydrogen-bond acceptors (Lipinski definition) is 6. The Kier molecular flexibility index (Phi) is 5.80. The van der Waals surface area contributed by atoms with Gasteiger partial charge in [-0.3, -0.25) is 14.5 Å². The molecule has 2 aliphatic rings. The van der Waals surface area contributed by atoms with Crippen molar-refractivity contribution in [2.45, 2.75) is 25.4 Å². The van der Waals surface area contributed by atoms with Crippen LogP contribution in [-0.4, -0.2) is 67.7 Å². The van der Waals surface area contributed by atoms with E-state index in [1.165, 1.54) is 0 Å². The van der Waals surface area contributed by atoms with Gasteiger partial charge in [0.2, 0.25) is 12.7 Å². The van der Waals surface area contributed by atoms with Crippen LogP contribution in [0.4, 0.5) is 4.79 Å². The highest BCUT2D eigenvalue weighted by atomic mass is 16.7. The molecule has 0 aliphatic carbocycles. The predicted molar refractivity (Wildman–Crippen MR) is 96.2 cm³/mol. The Morgan fingerprint density at radius 2 is 2.07 bits per heavy atom. The molecule has 1 unspecified atom stereocenters. The molecule has 1 atom stereocenters. The Morgan fingerprint density at radius 1 is 1.30 bits per heavy atom. The molecule has 0 radical (unpaired) electrons. The summed E-state index contributed by atoms with van der Waals surface area (Å²) in [5.74, 6) is 0.575. The van der Waals surface area contributed by atoms with Gasteiger partial charge in [-0.15, -0.1) is 0 Å². The van der Waals surface area contributed by atoms with Crippen molar-refractivity contribution >= 4 is 17.8 Å². The highest BCUT2D eigenvalue weighted by Crippen LogP contribution is 2.33. The van der Waals surface area contributed by atoms with Gasteiger partial charge in [0.1, 0.15) is 6.04 Å². The minimum Gasteiger partial charge on any atom is -0.454 e. The summed E-state index contributed by atoms with van der Waals surface area (Å²) >= 11 is 0. The van der Waals surface area contributed by atoms with Gasteiger partial charge >= 0.3 is 6.03 Å². The summed E-state index contributed by atoms with van der Waals surface area (Å²) in [4.78, 5) is 39.8. The Balaban J connectivity index is 1.51. The van der Waals surface area contributed by atoms with Crippen molar-refractivity contribution in [3.8, 4) is 11.5 Å². The topological polar surface area (TPSA) is 100 Å². The Bertz CT molecular complexity index is 736. The minimum absolute atomic E-state index is 0.0653. The fraction of sp³-hybridized carbons (Fsp3) is 0.500. The standard InChI is InChI=1S/C18H24N4O5/c1-21(2)7-3-6-19-16(23)9-13-17(24)22(18(25)20-13)10-12-4-5-14-15(8-12)27-11-26-14/h4-5,8,13H,3,6-7,9-11H2,1-2H3,(H,19,23)(H,20,25). The van der Waals surface area contributed by atoms with E-state index in [0.29, 0.717) is 18.0 Å². The lowest BCUT2D eigenvalue weighted by atomic mass is 10.1. The van der Waals surface area contributed by atoms with Crippen molar-refractivity contribution in [3.63, 3.8) is 0 Å². The third-order valence-corrected chi connectivity index (χ3v) is 4.38. The molecule has 0 aromatic heterocycles. The highest BCUT2D eigenvalue weighted by Gasteiger charge is 2.39. The van der Waals surface area contributed by atoms with Crippen LogP contribution >= 0.6 is 0 Å². The van der Waals surface area contributed by atoms with Gasteiger partial charge in [0.15, 0.2) is 11.5 Å². The predicted octanol–water partition coefficient (Wildman–Crippen LogP) is 0.294. The van der Waals surface area contributed by atoms with Crippen LogP contribution in [0.2, 0.25) is 0 Å². The molecule has 27 heavy (non-hydrogen) atoms. The molecule has 4 amide bonds. The van der Waals surface area contributed by atoms with Crippen LogP contribution in [0.5, 0.6) is 11.5 Å². The smallest absolute Gasteiger partial charge is 0.325 e. The zero-order valence-corrected chi connectivity index (χ0v) is 15.5. The monoisotopic (exact) mass is 376 g/mol. The normalized spacial score (nSPS) is 18.2. The summed E-state index contributed by atoms with van der Waals surface area (Å²) in [7, 11) is 3.92. The van der Waals surface area contributed by atoms with E-state index in [9.17, 15) is 14.4 Å². The van der Waals surface area contributed by atoms with Crippen LogP contribution in [0.25, 0.3) is 0 Å². The molecule has 9 heteroatoms. The molecule has 1 fully saturated rings. The van der Waals surface area contributed by atoms with E-state index in [0.717, 1.165) is 23.4 Å². The first-order valence-electron chi connectivity index (χ1n) is 8.86. The molecule has 1 aromatic rings. The number of amides is 4. The molecule has 0 bridgehead atoms. The van der Waals surface area contributed by atoms with E-state index in [-0.39, 0.29) is 25.7 Å². The average Bonchev–Trinajstić information content (AvgIpc) is 3.18. The van der Waals surface area contributed by atoms with Crippen LogP contribution in [0.1, 0.15) is 18.4 Å². The van der Waals surface area contributed by atoms with Gasteiger partial charge < -0.3 is 25.0 Å². The highest BCUT2D eigenvalue weighted by molar-refractivity contribution is 6.05. The fourth-order valence-electron chi connectivity index (χ4n) is 2.97. The molecule has 2 aliphatic heterocycles. The lowest BCUT2D eigenvalue weighted by molar-refractivity contribution is -0.131. The van der Waals surface area contributed by atoms with Crippen LogP contribution in [0.15, 0.2) is 18.2 Å². The Labute approximate surface area is 157 Å². The van der Waals surface area contributed by atoms with Gasteiger partial charge in [-0.25, -0.2) is 4.79 Å². The molecule has 146 valence electrons. The van der Waals surface area contributed by atoms with Crippen molar-refractivity contribution in [2.75, 3.05) is 34.0 Å². The maximum atomic E-state index is 12.5. The van der Waals surface area contributed by atoms with Gasteiger partial charge in [-0.05, 0) is 44.8 Å². The molecule has 0 spiro atoms. The quantitative estimate of drug-likeness (QED) is 0.500. The minimum atomic E-state index is -0.833. The van der Waals surface area contributed by atoms with E-state index in [1.807, 2.05) is 19.0 Å². The van der Waals surface area contributed by atoms with Crippen molar-refractivity contribution in [1.29, 1.82) is 0 Å².